The lowest BCUT2D eigenvalue weighted by Crippen LogP contribution is -2.41. The highest BCUT2D eigenvalue weighted by atomic mass is 16.5. The molecule has 1 atom stereocenters. The van der Waals surface area contributed by atoms with Crippen molar-refractivity contribution in [1.29, 1.82) is 0 Å². The number of piperidine rings is 2. The number of hydrogen-bond acceptors (Lipinski definition) is 5. The first kappa shape index (κ1) is 18.8. The van der Waals surface area contributed by atoms with E-state index in [-0.39, 0.29) is 24.3 Å². The van der Waals surface area contributed by atoms with Crippen molar-refractivity contribution >= 4 is 11.8 Å². The zero-order chi connectivity index (χ0) is 18.5. The van der Waals surface area contributed by atoms with Crippen molar-refractivity contribution in [2.75, 3.05) is 39.9 Å². The van der Waals surface area contributed by atoms with Crippen LogP contribution in [0.3, 0.4) is 0 Å². The molecule has 2 amide bonds. The Labute approximate surface area is 154 Å². The van der Waals surface area contributed by atoms with Gasteiger partial charge in [0.05, 0.1) is 11.3 Å². The van der Waals surface area contributed by atoms with Crippen LogP contribution in [-0.4, -0.2) is 71.5 Å². The summed E-state index contributed by atoms with van der Waals surface area (Å²) in [5.41, 5.74) is 1.32. The minimum atomic E-state index is 0.00539. The highest BCUT2D eigenvalue weighted by molar-refractivity contribution is 5.95. The maximum atomic E-state index is 12.7. The van der Waals surface area contributed by atoms with Crippen LogP contribution in [0.4, 0.5) is 0 Å². The van der Waals surface area contributed by atoms with E-state index in [0.29, 0.717) is 12.1 Å². The number of likely N-dealkylation sites (tertiary alicyclic amines) is 2. The van der Waals surface area contributed by atoms with Crippen LogP contribution in [0.15, 0.2) is 6.20 Å². The number of carbonyl (C=O) groups is 2. The second-order valence-corrected chi connectivity index (χ2v) is 7.19. The maximum absolute atomic E-state index is 12.7. The third kappa shape index (κ3) is 4.20. The summed E-state index contributed by atoms with van der Waals surface area (Å²) >= 11 is 0. The van der Waals surface area contributed by atoms with Gasteiger partial charge in [0, 0.05) is 45.4 Å². The summed E-state index contributed by atoms with van der Waals surface area (Å²) in [4.78, 5) is 37.6. The molecule has 3 rings (SSSR count). The highest BCUT2D eigenvalue weighted by Crippen LogP contribution is 2.25. The molecule has 2 aliphatic rings. The van der Waals surface area contributed by atoms with E-state index in [1.165, 1.54) is 13.5 Å². The number of rotatable bonds is 4. The first-order valence-electron chi connectivity index (χ1n) is 9.49. The predicted molar refractivity (Wildman–Crippen MR) is 97.0 cm³/mol. The number of ether oxygens (including phenoxy) is 1. The van der Waals surface area contributed by atoms with Gasteiger partial charge in [-0.3, -0.25) is 9.59 Å². The predicted octanol–water partition coefficient (Wildman–Crippen LogP) is 1.76. The van der Waals surface area contributed by atoms with Crippen LogP contribution in [0.5, 0.6) is 0 Å². The smallest absolute Gasteiger partial charge is 0.257 e. The van der Waals surface area contributed by atoms with Gasteiger partial charge in [-0.2, -0.15) is 0 Å². The molecule has 0 aromatic carbocycles. The van der Waals surface area contributed by atoms with Crippen molar-refractivity contribution in [3.8, 4) is 0 Å². The Kier molecular flexibility index (Phi) is 6.19. The van der Waals surface area contributed by atoms with Gasteiger partial charge in [-0.05, 0) is 39.0 Å². The van der Waals surface area contributed by atoms with Gasteiger partial charge >= 0.3 is 0 Å². The molecule has 1 aromatic heterocycles. The Morgan fingerprint density at radius 1 is 1.15 bits per heavy atom. The quantitative estimate of drug-likeness (QED) is 0.818. The van der Waals surface area contributed by atoms with Gasteiger partial charge in [0.1, 0.15) is 12.4 Å². The van der Waals surface area contributed by atoms with Gasteiger partial charge in [0.15, 0.2) is 0 Å². The molecule has 3 heterocycles. The summed E-state index contributed by atoms with van der Waals surface area (Å²) in [7, 11) is 1.53. The molecule has 7 nitrogen and oxygen atoms in total. The fourth-order valence-electron chi connectivity index (χ4n) is 3.79. The Balaban J connectivity index is 1.70. The molecule has 142 valence electrons. The third-order valence-electron chi connectivity index (χ3n) is 5.28. The highest BCUT2D eigenvalue weighted by Gasteiger charge is 2.27. The van der Waals surface area contributed by atoms with Crippen molar-refractivity contribution in [2.45, 2.75) is 44.9 Å². The first-order chi connectivity index (χ1) is 12.6. The van der Waals surface area contributed by atoms with Crippen molar-refractivity contribution in [1.82, 2.24) is 19.8 Å². The topological polar surface area (TPSA) is 75.6 Å². The molecule has 2 fully saturated rings. The molecule has 1 aromatic rings. The third-order valence-corrected chi connectivity index (χ3v) is 5.28. The lowest BCUT2D eigenvalue weighted by Gasteiger charge is -2.32. The number of aromatic nitrogens is 2. The minimum absolute atomic E-state index is 0.00539. The number of aryl methyl sites for hydroxylation is 1. The summed E-state index contributed by atoms with van der Waals surface area (Å²) in [6.07, 6.45) is 6.88. The Hall–Kier alpha value is -2.02. The maximum Gasteiger partial charge on any atom is 0.257 e. The van der Waals surface area contributed by atoms with Gasteiger partial charge in [-0.1, -0.05) is 0 Å². The van der Waals surface area contributed by atoms with Gasteiger partial charge < -0.3 is 14.5 Å². The molecule has 0 saturated carbocycles. The molecule has 0 radical (unpaired) electrons. The molecule has 26 heavy (non-hydrogen) atoms. The van der Waals surface area contributed by atoms with E-state index < -0.39 is 0 Å². The van der Waals surface area contributed by atoms with Crippen molar-refractivity contribution in [2.24, 2.45) is 0 Å². The lowest BCUT2D eigenvalue weighted by atomic mass is 9.96. The first-order valence-corrected chi connectivity index (χ1v) is 9.49. The number of hydrogen-bond donors (Lipinski definition) is 0. The van der Waals surface area contributed by atoms with Crippen LogP contribution in [0.2, 0.25) is 0 Å². The summed E-state index contributed by atoms with van der Waals surface area (Å²) in [6.45, 7) is 4.98. The summed E-state index contributed by atoms with van der Waals surface area (Å²) in [5, 5.41) is 0. The van der Waals surface area contributed by atoms with Crippen LogP contribution in [0, 0.1) is 6.92 Å². The standard InChI is InChI=1S/C19H28N4O3/c1-14-16(19(25)22-8-4-3-5-9-22)11-20-18(21-14)15-7-6-10-23(12-15)17(24)13-26-2/h11,15H,3-10,12-13H2,1-2H3. The number of methoxy groups -OCH3 is 1. The van der Waals surface area contributed by atoms with Crippen LogP contribution in [0.25, 0.3) is 0 Å². The molecular formula is C19H28N4O3. The zero-order valence-corrected chi connectivity index (χ0v) is 15.7. The monoisotopic (exact) mass is 360 g/mol. The Morgan fingerprint density at radius 3 is 2.58 bits per heavy atom. The molecule has 1 unspecified atom stereocenters. The zero-order valence-electron chi connectivity index (χ0n) is 15.7. The van der Waals surface area contributed by atoms with E-state index in [1.54, 1.807) is 6.20 Å². The molecular weight excluding hydrogens is 332 g/mol. The van der Waals surface area contributed by atoms with Crippen LogP contribution in [-0.2, 0) is 9.53 Å². The van der Waals surface area contributed by atoms with E-state index in [4.69, 9.17) is 4.74 Å². The Morgan fingerprint density at radius 2 is 1.88 bits per heavy atom. The Bertz CT molecular complexity index is 658. The summed E-state index contributed by atoms with van der Waals surface area (Å²) in [5.74, 6) is 0.884. The van der Waals surface area contributed by atoms with Gasteiger partial charge in [0.2, 0.25) is 5.91 Å². The van der Waals surface area contributed by atoms with Crippen LogP contribution in [0.1, 0.15) is 59.9 Å². The molecule has 7 heteroatoms. The fraction of sp³-hybridized carbons (Fsp3) is 0.684. The van der Waals surface area contributed by atoms with E-state index in [1.807, 2.05) is 16.7 Å². The molecule has 2 saturated heterocycles. The normalized spacial score (nSPS) is 20.9. The van der Waals surface area contributed by atoms with E-state index in [0.717, 1.165) is 56.8 Å². The largest absolute Gasteiger partial charge is 0.375 e. The van der Waals surface area contributed by atoms with Crippen molar-refractivity contribution < 1.29 is 14.3 Å². The minimum Gasteiger partial charge on any atom is -0.375 e. The van der Waals surface area contributed by atoms with Crippen LogP contribution < -0.4 is 0 Å². The van der Waals surface area contributed by atoms with E-state index in [9.17, 15) is 9.59 Å². The average Bonchev–Trinajstić information content (AvgIpc) is 2.68. The average molecular weight is 360 g/mol. The van der Waals surface area contributed by atoms with Gasteiger partial charge in [0.25, 0.3) is 5.91 Å². The van der Waals surface area contributed by atoms with E-state index in [2.05, 4.69) is 9.97 Å². The second-order valence-electron chi connectivity index (χ2n) is 7.19. The van der Waals surface area contributed by atoms with E-state index >= 15 is 0 Å². The van der Waals surface area contributed by atoms with Gasteiger partial charge in [-0.15, -0.1) is 0 Å². The number of nitrogens with zero attached hydrogens (tertiary/aromatic N) is 4. The number of carbonyl (C=O) groups excluding carboxylic acids is 2. The second kappa shape index (κ2) is 8.58. The van der Waals surface area contributed by atoms with Crippen LogP contribution >= 0.6 is 0 Å². The summed E-state index contributed by atoms with van der Waals surface area (Å²) in [6, 6.07) is 0. The molecule has 0 spiro atoms. The summed E-state index contributed by atoms with van der Waals surface area (Å²) < 4.78 is 4.95. The van der Waals surface area contributed by atoms with Crippen molar-refractivity contribution in [3.05, 3.63) is 23.3 Å². The fourth-order valence-corrected chi connectivity index (χ4v) is 3.79. The molecule has 0 bridgehead atoms. The van der Waals surface area contributed by atoms with Gasteiger partial charge in [-0.25, -0.2) is 9.97 Å². The molecule has 2 aliphatic heterocycles. The molecule has 0 aliphatic carbocycles. The number of amides is 2. The SMILES string of the molecule is COCC(=O)N1CCCC(c2ncc(C(=O)N3CCCCC3)c(C)n2)C1. The van der Waals surface area contributed by atoms with Crippen molar-refractivity contribution in [3.63, 3.8) is 0 Å². The molecule has 0 N–H and O–H groups in total. The lowest BCUT2D eigenvalue weighted by molar-refractivity contribution is -0.136.